The lowest BCUT2D eigenvalue weighted by molar-refractivity contribution is 0.419. The van der Waals surface area contributed by atoms with E-state index in [0.29, 0.717) is 12.0 Å². The number of aromatic nitrogens is 2. The highest BCUT2D eigenvalue weighted by atomic mass is 15.3. The Morgan fingerprint density at radius 1 is 1.16 bits per heavy atom. The summed E-state index contributed by atoms with van der Waals surface area (Å²) >= 11 is 0. The molecule has 0 spiro atoms. The largest absolute Gasteiger partial charge is 0.316 e. The van der Waals surface area contributed by atoms with E-state index in [9.17, 15) is 0 Å². The first kappa shape index (κ1) is 16.2. The molecule has 3 heteroatoms. The Kier molecular flexibility index (Phi) is 7.14. The molecule has 0 radical (unpaired) electrons. The lowest BCUT2D eigenvalue weighted by Crippen LogP contribution is -2.26. The summed E-state index contributed by atoms with van der Waals surface area (Å²) in [5, 5.41) is 8.25. The molecular formula is C16H31N3. The maximum absolute atomic E-state index is 4.72. The Bertz CT molecular complexity index is 340. The molecule has 110 valence electrons. The smallest absolute Gasteiger partial charge is 0.0627 e. The molecule has 1 rings (SSSR count). The summed E-state index contributed by atoms with van der Waals surface area (Å²) in [5.74, 6) is 1.37. The van der Waals surface area contributed by atoms with Crippen molar-refractivity contribution in [1.82, 2.24) is 15.1 Å². The first-order chi connectivity index (χ1) is 9.06. The van der Waals surface area contributed by atoms with Gasteiger partial charge in [0.05, 0.1) is 11.7 Å². The van der Waals surface area contributed by atoms with E-state index in [1.54, 1.807) is 0 Å². The molecule has 1 aromatic heterocycles. The van der Waals surface area contributed by atoms with Gasteiger partial charge in [-0.3, -0.25) is 4.68 Å². The molecule has 0 aliphatic rings. The molecule has 0 saturated heterocycles. The van der Waals surface area contributed by atoms with Gasteiger partial charge in [-0.25, -0.2) is 0 Å². The summed E-state index contributed by atoms with van der Waals surface area (Å²) in [6.07, 6.45) is 5.52. The van der Waals surface area contributed by atoms with Crippen molar-refractivity contribution in [1.29, 1.82) is 0 Å². The molecule has 1 aromatic rings. The van der Waals surface area contributed by atoms with Crippen LogP contribution in [-0.4, -0.2) is 22.9 Å². The van der Waals surface area contributed by atoms with E-state index in [0.717, 1.165) is 38.3 Å². The summed E-state index contributed by atoms with van der Waals surface area (Å²) < 4.78 is 2.14. The number of hydrogen-bond donors (Lipinski definition) is 1. The molecular weight excluding hydrogens is 234 g/mol. The van der Waals surface area contributed by atoms with Crippen LogP contribution in [0.3, 0.4) is 0 Å². The minimum atomic E-state index is 0.558. The van der Waals surface area contributed by atoms with Crippen molar-refractivity contribution in [2.45, 2.75) is 59.9 Å². The Morgan fingerprint density at radius 2 is 1.84 bits per heavy atom. The van der Waals surface area contributed by atoms with Crippen LogP contribution in [-0.2, 0) is 6.42 Å². The van der Waals surface area contributed by atoms with Crippen LogP contribution < -0.4 is 5.32 Å². The van der Waals surface area contributed by atoms with Gasteiger partial charge in [-0.05, 0) is 50.3 Å². The van der Waals surface area contributed by atoms with Gasteiger partial charge < -0.3 is 5.32 Å². The third kappa shape index (κ3) is 5.77. The van der Waals surface area contributed by atoms with Crippen LogP contribution in [0.2, 0.25) is 0 Å². The van der Waals surface area contributed by atoms with Gasteiger partial charge in [0.1, 0.15) is 0 Å². The van der Waals surface area contributed by atoms with Gasteiger partial charge in [-0.15, -0.1) is 0 Å². The predicted molar refractivity (Wildman–Crippen MR) is 82.4 cm³/mol. The number of rotatable bonds is 9. The summed E-state index contributed by atoms with van der Waals surface area (Å²) in [4.78, 5) is 0. The van der Waals surface area contributed by atoms with Crippen molar-refractivity contribution in [3.63, 3.8) is 0 Å². The molecule has 1 heterocycles. The molecule has 0 bridgehead atoms. The quantitative estimate of drug-likeness (QED) is 0.738. The molecule has 0 aliphatic heterocycles. The topological polar surface area (TPSA) is 29.9 Å². The fourth-order valence-electron chi connectivity index (χ4n) is 2.40. The van der Waals surface area contributed by atoms with Gasteiger partial charge in [-0.2, -0.15) is 5.10 Å². The molecule has 3 nitrogen and oxygen atoms in total. The van der Waals surface area contributed by atoms with E-state index in [1.165, 1.54) is 5.69 Å². The van der Waals surface area contributed by atoms with Crippen LogP contribution in [0.4, 0.5) is 0 Å². The van der Waals surface area contributed by atoms with E-state index < -0.39 is 0 Å². The second-order valence-corrected chi connectivity index (χ2v) is 6.12. The Morgan fingerprint density at radius 3 is 2.42 bits per heavy atom. The SMILES string of the molecule is CCC(CC)n1ccc(CC(C)CNCC(C)C)n1. The molecule has 0 saturated carbocycles. The van der Waals surface area contributed by atoms with Crippen LogP contribution in [0.1, 0.15) is 59.2 Å². The zero-order valence-electron chi connectivity index (χ0n) is 13.3. The van der Waals surface area contributed by atoms with Crippen LogP contribution in [0.25, 0.3) is 0 Å². The minimum absolute atomic E-state index is 0.558. The normalized spacial score (nSPS) is 13.4. The van der Waals surface area contributed by atoms with Gasteiger partial charge in [0.25, 0.3) is 0 Å². The Hall–Kier alpha value is -0.830. The average Bonchev–Trinajstić information content (AvgIpc) is 2.78. The lowest BCUT2D eigenvalue weighted by atomic mass is 10.1. The molecule has 0 aliphatic carbocycles. The maximum Gasteiger partial charge on any atom is 0.0627 e. The van der Waals surface area contributed by atoms with Gasteiger partial charge >= 0.3 is 0 Å². The zero-order chi connectivity index (χ0) is 14.3. The summed E-state index contributed by atoms with van der Waals surface area (Å²) in [7, 11) is 0. The van der Waals surface area contributed by atoms with E-state index >= 15 is 0 Å². The van der Waals surface area contributed by atoms with Crippen molar-refractivity contribution in [2.75, 3.05) is 13.1 Å². The van der Waals surface area contributed by atoms with Gasteiger partial charge in [0, 0.05) is 6.20 Å². The van der Waals surface area contributed by atoms with E-state index in [2.05, 4.69) is 56.9 Å². The maximum atomic E-state index is 4.72. The van der Waals surface area contributed by atoms with Crippen molar-refractivity contribution in [3.8, 4) is 0 Å². The fraction of sp³-hybridized carbons (Fsp3) is 0.812. The molecule has 1 atom stereocenters. The second-order valence-electron chi connectivity index (χ2n) is 6.12. The molecule has 1 unspecified atom stereocenters. The molecule has 19 heavy (non-hydrogen) atoms. The van der Waals surface area contributed by atoms with Crippen LogP contribution in [0, 0.1) is 11.8 Å². The third-order valence-electron chi connectivity index (χ3n) is 3.58. The van der Waals surface area contributed by atoms with Crippen molar-refractivity contribution < 1.29 is 0 Å². The molecule has 0 fully saturated rings. The second kappa shape index (κ2) is 8.36. The highest BCUT2D eigenvalue weighted by molar-refractivity contribution is 5.01. The molecule has 1 N–H and O–H groups in total. The highest BCUT2D eigenvalue weighted by Crippen LogP contribution is 2.15. The first-order valence-corrected chi connectivity index (χ1v) is 7.81. The summed E-state index contributed by atoms with van der Waals surface area (Å²) in [6, 6.07) is 2.74. The Labute approximate surface area is 118 Å². The van der Waals surface area contributed by atoms with Crippen LogP contribution >= 0.6 is 0 Å². The first-order valence-electron chi connectivity index (χ1n) is 7.81. The Balaban J connectivity index is 2.40. The van der Waals surface area contributed by atoms with Crippen molar-refractivity contribution >= 4 is 0 Å². The predicted octanol–water partition coefficient (Wildman–Crippen LogP) is 3.67. The number of nitrogens with zero attached hydrogens (tertiary/aromatic N) is 2. The van der Waals surface area contributed by atoms with E-state index in [4.69, 9.17) is 5.10 Å². The standard InChI is InChI=1S/C16H31N3/c1-6-16(7-2)19-9-8-15(18-19)10-14(5)12-17-11-13(3)4/h8-9,13-14,16-17H,6-7,10-12H2,1-5H3. The fourth-order valence-corrected chi connectivity index (χ4v) is 2.40. The summed E-state index contributed by atoms with van der Waals surface area (Å²) in [5.41, 5.74) is 1.23. The highest BCUT2D eigenvalue weighted by Gasteiger charge is 2.10. The van der Waals surface area contributed by atoms with Crippen molar-refractivity contribution in [3.05, 3.63) is 18.0 Å². The third-order valence-corrected chi connectivity index (χ3v) is 3.58. The molecule has 0 amide bonds. The average molecular weight is 265 g/mol. The number of nitrogens with one attached hydrogen (secondary N) is 1. The van der Waals surface area contributed by atoms with Gasteiger partial charge in [-0.1, -0.05) is 34.6 Å². The van der Waals surface area contributed by atoms with Crippen LogP contribution in [0.5, 0.6) is 0 Å². The van der Waals surface area contributed by atoms with Gasteiger partial charge in [0.15, 0.2) is 0 Å². The lowest BCUT2D eigenvalue weighted by Gasteiger charge is -2.14. The van der Waals surface area contributed by atoms with Crippen LogP contribution in [0.15, 0.2) is 12.3 Å². The summed E-state index contributed by atoms with van der Waals surface area (Å²) in [6.45, 7) is 13.4. The van der Waals surface area contributed by atoms with Gasteiger partial charge in [0.2, 0.25) is 0 Å². The number of hydrogen-bond acceptors (Lipinski definition) is 2. The van der Waals surface area contributed by atoms with E-state index in [-0.39, 0.29) is 0 Å². The zero-order valence-corrected chi connectivity index (χ0v) is 13.3. The minimum Gasteiger partial charge on any atom is -0.316 e. The van der Waals surface area contributed by atoms with Crippen molar-refractivity contribution in [2.24, 2.45) is 11.8 Å². The monoisotopic (exact) mass is 265 g/mol. The molecule has 0 aromatic carbocycles. The van der Waals surface area contributed by atoms with E-state index in [1.807, 2.05) is 0 Å².